The summed E-state index contributed by atoms with van der Waals surface area (Å²) in [5.41, 5.74) is 5.34. The normalized spacial score (nSPS) is 17.6. The van der Waals surface area contributed by atoms with Gasteiger partial charge in [-0.15, -0.1) is 0 Å². The van der Waals surface area contributed by atoms with E-state index in [1.165, 1.54) is 27.3 Å². The van der Waals surface area contributed by atoms with Crippen LogP contribution in [0.5, 0.6) is 0 Å². The number of aryl methyl sites for hydroxylation is 1. The summed E-state index contributed by atoms with van der Waals surface area (Å²) in [6, 6.07) is 15.3. The van der Waals surface area contributed by atoms with Gasteiger partial charge in [0.15, 0.2) is 0 Å². The van der Waals surface area contributed by atoms with Gasteiger partial charge in [-0.05, 0) is 47.7 Å². The zero-order valence-electron chi connectivity index (χ0n) is 10.0. The van der Waals surface area contributed by atoms with E-state index in [4.69, 9.17) is 0 Å². The monoisotopic (exact) mass is 241 g/mol. The van der Waals surface area contributed by atoms with Gasteiger partial charge in [0.1, 0.15) is 0 Å². The largest absolute Gasteiger partial charge is 0.325 e. The van der Waals surface area contributed by atoms with Crippen LogP contribution in [0.3, 0.4) is 0 Å². The van der Waals surface area contributed by atoms with Crippen LogP contribution in [0.25, 0.3) is 0 Å². The first-order chi connectivity index (χ1) is 8.25. The zero-order valence-corrected chi connectivity index (χ0v) is 10.8. The van der Waals surface area contributed by atoms with Crippen molar-refractivity contribution in [1.82, 2.24) is 0 Å². The lowest BCUT2D eigenvalue weighted by Gasteiger charge is -2.14. The lowest BCUT2D eigenvalue weighted by molar-refractivity contribution is 0.900. The van der Waals surface area contributed by atoms with Gasteiger partial charge in [0.2, 0.25) is 0 Å². The maximum absolute atomic E-state index is 3.46. The number of rotatable bonds is 0. The first-order valence-corrected chi connectivity index (χ1v) is 6.69. The molecule has 0 spiro atoms. The van der Waals surface area contributed by atoms with Gasteiger partial charge in [0, 0.05) is 16.5 Å². The molecule has 1 atom stereocenters. The predicted octanol–water partition coefficient (Wildman–Crippen LogP) is 4.58. The van der Waals surface area contributed by atoms with Gasteiger partial charge in [-0.1, -0.05) is 37.3 Å². The van der Waals surface area contributed by atoms with Crippen LogP contribution in [0.15, 0.2) is 47.4 Å². The second-order valence-corrected chi connectivity index (χ2v) is 5.40. The number of benzene rings is 2. The van der Waals surface area contributed by atoms with E-state index < -0.39 is 0 Å². The van der Waals surface area contributed by atoms with Crippen molar-refractivity contribution in [3.63, 3.8) is 0 Å². The molecule has 86 valence electrons. The molecule has 0 bridgehead atoms. The molecule has 1 aliphatic rings. The molecule has 2 heteroatoms. The minimum atomic E-state index is 0.448. The molecular weight excluding hydrogens is 226 g/mol. The quantitative estimate of drug-likeness (QED) is 0.678. The number of hydrogen-bond acceptors (Lipinski definition) is 2. The Labute approximate surface area is 106 Å². The number of anilines is 1. The van der Waals surface area contributed by atoms with Gasteiger partial charge in [0.05, 0.1) is 0 Å². The molecule has 1 N–H and O–H groups in total. The van der Waals surface area contributed by atoms with Crippen molar-refractivity contribution < 1.29 is 0 Å². The van der Waals surface area contributed by atoms with E-state index in [1.807, 2.05) is 0 Å². The van der Waals surface area contributed by atoms with Crippen molar-refractivity contribution in [2.75, 3.05) is 4.72 Å². The van der Waals surface area contributed by atoms with Gasteiger partial charge >= 0.3 is 0 Å². The van der Waals surface area contributed by atoms with Gasteiger partial charge in [-0.2, -0.15) is 0 Å². The minimum Gasteiger partial charge on any atom is -0.325 e. The Morgan fingerprint density at radius 2 is 1.88 bits per heavy atom. The third-order valence-corrected chi connectivity index (χ3v) is 4.23. The van der Waals surface area contributed by atoms with Crippen molar-refractivity contribution >= 4 is 17.6 Å². The Balaban J connectivity index is 2.16. The van der Waals surface area contributed by atoms with Crippen LogP contribution < -0.4 is 4.72 Å². The molecule has 1 nitrogen and oxygen atoms in total. The van der Waals surface area contributed by atoms with Crippen LogP contribution in [0.4, 0.5) is 5.69 Å². The second kappa shape index (κ2) is 4.11. The van der Waals surface area contributed by atoms with Crippen molar-refractivity contribution in [3.8, 4) is 0 Å². The van der Waals surface area contributed by atoms with Crippen molar-refractivity contribution in [2.24, 2.45) is 0 Å². The second-order valence-electron chi connectivity index (χ2n) is 4.55. The standard InChI is InChI=1S/C15H15NS/c1-10-7-8-13-11(2)12-5-3-4-6-14(12)16-17-15(13)9-10/h3-9,11,16H,1-2H3. The molecule has 0 fully saturated rings. The molecular formula is C15H15NS. The molecule has 0 aromatic heterocycles. The Bertz CT molecular complexity index is 563. The molecule has 0 amide bonds. The number of para-hydroxylation sites is 1. The van der Waals surface area contributed by atoms with Crippen LogP contribution in [-0.4, -0.2) is 0 Å². The smallest absolute Gasteiger partial charge is 0.0481 e. The Hall–Kier alpha value is -1.41. The van der Waals surface area contributed by atoms with Gasteiger partial charge < -0.3 is 4.72 Å². The molecule has 1 unspecified atom stereocenters. The van der Waals surface area contributed by atoms with Crippen molar-refractivity contribution in [2.45, 2.75) is 24.7 Å². The van der Waals surface area contributed by atoms with E-state index >= 15 is 0 Å². The van der Waals surface area contributed by atoms with Crippen molar-refractivity contribution in [1.29, 1.82) is 0 Å². The summed E-state index contributed by atoms with van der Waals surface area (Å²) >= 11 is 1.72. The number of nitrogens with one attached hydrogen (secondary N) is 1. The highest BCUT2D eigenvalue weighted by atomic mass is 32.2. The molecule has 2 aromatic carbocycles. The minimum absolute atomic E-state index is 0.448. The first-order valence-electron chi connectivity index (χ1n) is 5.88. The van der Waals surface area contributed by atoms with Crippen LogP contribution in [0.2, 0.25) is 0 Å². The maximum Gasteiger partial charge on any atom is 0.0481 e. The predicted molar refractivity (Wildman–Crippen MR) is 74.6 cm³/mol. The van der Waals surface area contributed by atoms with E-state index in [0.717, 1.165) is 0 Å². The van der Waals surface area contributed by atoms with Crippen LogP contribution in [-0.2, 0) is 0 Å². The Morgan fingerprint density at radius 3 is 2.76 bits per heavy atom. The summed E-state index contributed by atoms with van der Waals surface area (Å²) in [5.74, 6) is 0.448. The van der Waals surface area contributed by atoms with Gasteiger partial charge in [-0.25, -0.2) is 0 Å². The fourth-order valence-electron chi connectivity index (χ4n) is 2.33. The maximum atomic E-state index is 3.46. The summed E-state index contributed by atoms with van der Waals surface area (Å²) in [5, 5.41) is 0. The van der Waals surface area contributed by atoms with E-state index in [1.54, 1.807) is 11.9 Å². The molecule has 0 radical (unpaired) electrons. The summed E-state index contributed by atoms with van der Waals surface area (Å²) in [6.45, 7) is 4.42. The molecule has 0 saturated carbocycles. The molecule has 3 rings (SSSR count). The summed E-state index contributed by atoms with van der Waals surface area (Å²) in [4.78, 5) is 1.34. The molecule has 1 aliphatic heterocycles. The Morgan fingerprint density at radius 1 is 1.06 bits per heavy atom. The zero-order chi connectivity index (χ0) is 11.8. The molecule has 2 aromatic rings. The average molecular weight is 241 g/mol. The summed E-state index contributed by atoms with van der Waals surface area (Å²) < 4.78 is 3.46. The van der Waals surface area contributed by atoms with Crippen molar-refractivity contribution in [3.05, 3.63) is 59.2 Å². The Kier molecular flexibility index (Phi) is 2.60. The SMILES string of the molecule is Cc1ccc2c(c1)SNc1ccccc1C2C. The van der Waals surface area contributed by atoms with E-state index in [0.29, 0.717) is 5.92 Å². The fraction of sp³-hybridized carbons (Fsp3) is 0.200. The van der Waals surface area contributed by atoms with E-state index in [2.05, 4.69) is 61.0 Å². The fourth-order valence-corrected chi connectivity index (χ4v) is 3.35. The van der Waals surface area contributed by atoms with Gasteiger partial charge in [-0.3, -0.25) is 0 Å². The highest BCUT2D eigenvalue weighted by molar-refractivity contribution is 8.00. The van der Waals surface area contributed by atoms with Gasteiger partial charge in [0.25, 0.3) is 0 Å². The highest BCUT2D eigenvalue weighted by Gasteiger charge is 2.19. The molecule has 0 saturated heterocycles. The lowest BCUT2D eigenvalue weighted by atomic mass is 9.91. The third kappa shape index (κ3) is 1.83. The van der Waals surface area contributed by atoms with E-state index in [-0.39, 0.29) is 0 Å². The topological polar surface area (TPSA) is 12.0 Å². The number of hydrogen-bond donors (Lipinski definition) is 1. The van der Waals surface area contributed by atoms with Crippen LogP contribution in [0, 0.1) is 6.92 Å². The molecule has 0 aliphatic carbocycles. The highest BCUT2D eigenvalue weighted by Crippen LogP contribution is 2.40. The molecule has 1 heterocycles. The lowest BCUT2D eigenvalue weighted by Crippen LogP contribution is -1.97. The van der Waals surface area contributed by atoms with Crippen LogP contribution in [0.1, 0.15) is 29.5 Å². The number of fused-ring (bicyclic) bond motifs is 2. The van der Waals surface area contributed by atoms with E-state index in [9.17, 15) is 0 Å². The summed E-state index contributed by atoms with van der Waals surface area (Å²) in [7, 11) is 0. The molecule has 17 heavy (non-hydrogen) atoms. The average Bonchev–Trinajstić information content (AvgIpc) is 2.48. The third-order valence-electron chi connectivity index (χ3n) is 3.33. The first kappa shape index (κ1) is 10.7. The summed E-state index contributed by atoms with van der Waals surface area (Å²) in [6.07, 6.45) is 0. The van der Waals surface area contributed by atoms with Crippen LogP contribution >= 0.6 is 11.9 Å².